The van der Waals surface area contributed by atoms with Crippen LogP contribution in [0, 0.1) is 0 Å². The molecule has 1 aromatic carbocycles. The summed E-state index contributed by atoms with van der Waals surface area (Å²) in [5, 5.41) is 5.69. The predicted octanol–water partition coefficient (Wildman–Crippen LogP) is 2.90. The molecule has 1 fully saturated rings. The standard InChI is InChI=1S/C17H22N2O2/c1-17(2,3)18-9-13-8-12-6-4-5-7-15(12)16(19-13)21-14-10-20-11-14/h4-8,14,18H,9-11H2,1-3H3. The highest BCUT2D eigenvalue weighted by Gasteiger charge is 2.22. The van der Waals surface area contributed by atoms with Gasteiger partial charge in [-0.1, -0.05) is 18.2 Å². The minimum Gasteiger partial charge on any atom is -0.469 e. The molecule has 0 amide bonds. The van der Waals surface area contributed by atoms with Gasteiger partial charge in [0.05, 0.1) is 18.9 Å². The van der Waals surface area contributed by atoms with Crippen LogP contribution in [0.2, 0.25) is 0 Å². The number of fused-ring (bicyclic) bond motifs is 1. The van der Waals surface area contributed by atoms with E-state index in [-0.39, 0.29) is 11.6 Å². The summed E-state index contributed by atoms with van der Waals surface area (Å²) in [5.74, 6) is 0.715. The first-order valence-corrected chi connectivity index (χ1v) is 7.39. The van der Waals surface area contributed by atoms with E-state index >= 15 is 0 Å². The molecule has 1 N–H and O–H groups in total. The zero-order chi connectivity index (χ0) is 14.9. The largest absolute Gasteiger partial charge is 0.469 e. The van der Waals surface area contributed by atoms with Crippen molar-refractivity contribution in [3.8, 4) is 5.88 Å². The summed E-state index contributed by atoms with van der Waals surface area (Å²) in [5.41, 5.74) is 1.06. The van der Waals surface area contributed by atoms with Gasteiger partial charge in [0.15, 0.2) is 0 Å². The lowest BCUT2D eigenvalue weighted by Gasteiger charge is -2.27. The smallest absolute Gasteiger partial charge is 0.222 e. The summed E-state index contributed by atoms with van der Waals surface area (Å²) >= 11 is 0. The molecule has 0 radical (unpaired) electrons. The van der Waals surface area contributed by atoms with Crippen molar-refractivity contribution < 1.29 is 9.47 Å². The van der Waals surface area contributed by atoms with E-state index in [2.05, 4.69) is 49.3 Å². The van der Waals surface area contributed by atoms with E-state index in [4.69, 9.17) is 9.47 Å². The monoisotopic (exact) mass is 286 g/mol. The average Bonchev–Trinajstić information content (AvgIpc) is 2.39. The van der Waals surface area contributed by atoms with E-state index in [1.165, 1.54) is 0 Å². The van der Waals surface area contributed by atoms with Crippen molar-refractivity contribution >= 4 is 10.8 Å². The highest BCUT2D eigenvalue weighted by molar-refractivity contribution is 5.87. The Morgan fingerprint density at radius 2 is 2.05 bits per heavy atom. The Balaban J connectivity index is 1.90. The number of hydrogen-bond donors (Lipinski definition) is 1. The van der Waals surface area contributed by atoms with E-state index in [1.54, 1.807) is 0 Å². The van der Waals surface area contributed by atoms with Crippen molar-refractivity contribution in [1.29, 1.82) is 0 Å². The van der Waals surface area contributed by atoms with Crippen LogP contribution in [0.25, 0.3) is 10.8 Å². The van der Waals surface area contributed by atoms with Crippen LogP contribution < -0.4 is 10.1 Å². The van der Waals surface area contributed by atoms with Crippen LogP contribution >= 0.6 is 0 Å². The molecule has 3 rings (SSSR count). The molecule has 0 bridgehead atoms. The van der Waals surface area contributed by atoms with Gasteiger partial charge in [0.25, 0.3) is 0 Å². The Hall–Kier alpha value is -1.65. The third kappa shape index (κ3) is 3.52. The number of nitrogens with one attached hydrogen (secondary N) is 1. The highest BCUT2D eigenvalue weighted by Crippen LogP contribution is 2.26. The maximum Gasteiger partial charge on any atom is 0.222 e. The van der Waals surface area contributed by atoms with Gasteiger partial charge in [-0.25, -0.2) is 4.98 Å². The molecule has 0 spiro atoms. The number of rotatable bonds is 4. The number of hydrogen-bond acceptors (Lipinski definition) is 4. The molecule has 0 atom stereocenters. The van der Waals surface area contributed by atoms with Gasteiger partial charge < -0.3 is 14.8 Å². The summed E-state index contributed by atoms with van der Waals surface area (Å²) < 4.78 is 11.1. The van der Waals surface area contributed by atoms with Crippen molar-refractivity contribution in [1.82, 2.24) is 10.3 Å². The number of aromatic nitrogens is 1. The molecule has 0 saturated carbocycles. The summed E-state index contributed by atoms with van der Waals surface area (Å²) in [6, 6.07) is 10.3. The van der Waals surface area contributed by atoms with Gasteiger partial charge in [0.1, 0.15) is 6.10 Å². The molecule has 1 saturated heterocycles. The molecule has 2 aromatic rings. The normalized spacial score (nSPS) is 16.0. The molecule has 2 heterocycles. The van der Waals surface area contributed by atoms with Crippen LogP contribution in [0.15, 0.2) is 30.3 Å². The van der Waals surface area contributed by atoms with Crippen molar-refractivity contribution in [2.24, 2.45) is 0 Å². The second-order valence-corrected chi connectivity index (χ2v) is 6.52. The SMILES string of the molecule is CC(C)(C)NCc1cc2ccccc2c(OC2COC2)n1. The lowest BCUT2D eigenvalue weighted by atomic mass is 10.1. The Morgan fingerprint density at radius 3 is 2.71 bits per heavy atom. The number of nitrogens with zero attached hydrogens (tertiary/aromatic N) is 1. The Morgan fingerprint density at radius 1 is 1.29 bits per heavy atom. The van der Waals surface area contributed by atoms with Crippen LogP contribution in [-0.2, 0) is 11.3 Å². The minimum absolute atomic E-state index is 0.0656. The van der Waals surface area contributed by atoms with Crippen molar-refractivity contribution in [2.45, 2.75) is 39.0 Å². The van der Waals surface area contributed by atoms with Crippen LogP contribution in [0.4, 0.5) is 0 Å². The third-order valence-electron chi connectivity index (χ3n) is 3.44. The molecule has 1 aromatic heterocycles. The van der Waals surface area contributed by atoms with Gasteiger partial charge in [-0.05, 0) is 38.3 Å². The topological polar surface area (TPSA) is 43.4 Å². The second-order valence-electron chi connectivity index (χ2n) is 6.52. The van der Waals surface area contributed by atoms with E-state index in [9.17, 15) is 0 Å². The van der Waals surface area contributed by atoms with Gasteiger partial charge >= 0.3 is 0 Å². The first kappa shape index (κ1) is 14.3. The summed E-state index contributed by atoms with van der Waals surface area (Å²) in [6.07, 6.45) is 0.131. The van der Waals surface area contributed by atoms with Crippen LogP contribution in [0.3, 0.4) is 0 Å². The van der Waals surface area contributed by atoms with E-state index in [1.807, 2.05) is 12.1 Å². The van der Waals surface area contributed by atoms with E-state index in [0.717, 1.165) is 23.0 Å². The number of benzene rings is 1. The van der Waals surface area contributed by atoms with Gasteiger partial charge in [-0.3, -0.25) is 0 Å². The first-order valence-electron chi connectivity index (χ1n) is 7.39. The average molecular weight is 286 g/mol. The van der Waals surface area contributed by atoms with Crippen LogP contribution in [0.5, 0.6) is 5.88 Å². The van der Waals surface area contributed by atoms with E-state index in [0.29, 0.717) is 19.1 Å². The Labute approximate surface area is 125 Å². The first-order chi connectivity index (χ1) is 10.0. The lowest BCUT2D eigenvalue weighted by molar-refractivity contribution is -0.0807. The maximum atomic E-state index is 5.97. The molecule has 1 aliphatic heterocycles. The van der Waals surface area contributed by atoms with E-state index < -0.39 is 0 Å². The Kier molecular flexibility index (Phi) is 3.83. The zero-order valence-electron chi connectivity index (χ0n) is 12.8. The molecule has 21 heavy (non-hydrogen) atoms. The molecule has 112 valence electrons. The molecule has 0 aliphatic carbocycles. The van der Waals surface area contributed by atoms with Crippen LogP contribution in [-0.4, -0.2) is 29.8 Å². The fourth-order valence-electron chi connectivity index (χ4n) is 2.20. The van der Waals surface area contributed by atoms with Crippen molar-refractivity contribution in [2.75, 3.05) is 13.2 Å². The zero-order valence-corrected chi connectivity index (χ0v) is 12.8. The molecular weight excluding hydrogens is 264 g/mol. The Bertz CT molecular complexity index is 630. The van der Waals surface area contributed by atoms with Gasteiger partial charge in [-0.2, -0.15) is 0 Å². The maximum absolute atomic E-state index is 5.97. The summed E-state index contributed by atoms with van der Waals surface area (Å²) in [7, 11) is 0. The predicted molar refractivity (Wildman–Crippen MR) is 83.6 cm³/mol. The quantitative estimate of drug-likeness (QED) is 0.938. The molecular formula is C17H22N2O2. The molecule has 4 nitrogen and oxygen atoms in total. The lowest BCUT2D eigenvalue weighted by Crippen LogP contribution is -2.39. The highest BCUT2D eigenvalue weighted by atomic mass is 16.6. The summed E-state index contributed by atoms with van der Waals surface area (Å²) in [6.45, 7) is 8.48. The second kappa shape index (κ2) is 5.62. The van der Waals surface area contributed by atoms with Gasteiger partial charge in [0, 0.05) is 17.5 Å². The molecule has 1 aliphatic rings. The van der Waals surface area contributed by atoms with Crippen molar-refractivity contribution in [3.05, 3.63) is 36.0 Å². The number of ether oxygens (including phenoxy) is 2. The number of pyridine rings is 1. The molecule has 0 unspecified atom stereocenters. The minimum atomic E-state index is 0.0656. The fraction of sp³-hybridized carbons (Fsp3) is 0.471. The van der Waals surface area contributed by atoms with Crippen LogP contribution in [0.1, 0.15) is 26.5 Å². The van der Waals surface area contributed by atoms with Crippen molar-refractivity contribution in [3.63, 3.8) is 0 Å². The third-order valence-corrected chi connectivity index (χ3v) is 3.44. The van der Waals surface area contributed by atoms with Gasteiger partial charge in [0.2, 0.25) is 5.88 Å². The fourth-order valence-corrected chi connectivity index (χ4v) is 2.20. The summed E-state index contributed by atoms with van der Waals surface area (Å²) in [4.78, 5) is 4.69. The molecule has 4 heteroatoms. The van der Waals surface area contributed by atoms with Gasteiger partial charge in [-0.15, -0.1) is 0 Å².